The van der Waals surface area contributed by atoms with Crippen molar-refractivity contribution < 1.29 is 14.3 Å². The molecule has 1 N–H and O–H groups in total. The predicted octanol–water partition coefficient (Wildman–Crippen LogP) is 3.34. The number of rotatable bonds is 9. The first-order chi connectivity index (χ1) is 13.2. The van der Waals surface area contributed by atoms with Crippen molar-refractivity contribution in [1.29, 1.82) is 0 Å². The van der Waals surface area contributed by atoms with Crippen molar-refractivity contribution in [2.45, 2.75) is 12.8 Å². The molecule has 7 heteroatoms. The number of hydrogen-bond donors (Lipinski definition) is 1. The summed E-state index contributed by atoms with van der Waals surface area (Å²) in [5, 5.41) is 13.0. The summed E-state index contributed by atoms with van der Waals surface area (Å²) in [6.45, 7) is 0.775. The van der Waals surface area contributed by atoms with E-state index in [1.54, 1.807) is 24.5 Å². The molecule has 3 aromatic rings. The van der Waals surface area contributed by atoms with E-state index in [1.165, 1.54) is 0 Å². The van der Waals surface area contributed by atoms with Gasteiger partial charge in [-0.1, -0.05) is 18.2 Å². The van der Waals surface area contributed by atoms with Gasteiger partial charge in [0.2, 0.25) is 11.8 Å². The molecule has 0 fully saturated rings. The number of benzene rings is 1. The average Bonchev–Trinajstić information content (AvgIpc) is 3.25. The van der Waals surface area contributed by atoms with E-state index in [-0.39, 0.29) is 5.91 Å². The first kappa shape index (κ1) is 18.8. The molecule has 2 aromatic heterocycles. The van der Waals surface area contributed by atoms with E-state index < -0.39 is 0 Å². The van der Waals surface area contributed by atoms with Crippen LogP contribution in [0.2, 0.25) is 0 Å². The standard InChI is InChI=1S/C20H21N3O3S/c1-25-16-7-4-15(5-8-16)6-10-19(24)21-12-13-26-20-11-9-17(22-23-20)18-3-2-14-27-18/h2-5,7-9,11,14H,6,10,12-13H2,1H3,(H,21,24). The lowest BCUT2D eigenvalue weighted by Gasteiger charge is -2.07. The molecule has 0 aliphatic heterocycles. The molecule has 1 amide bonds. The quantitative estimate of drug-likeness (QED) is 0.574. The molecule has 0 saturated carbocycles. The van der Waals surface area contributed by atoms with E-state index in [4.69, 9.17) is 9.47 Å². The van der Waals surface area contributed by atoms with Gasteiger partial charge in [0, 0.05) is 12.5 Å². The van der Waals surface area contributed by atoms with Crippen molar-refractivity contribution in [1.82, 2.24) is 15.5 Å². The summed E-state index contributed by atoms with van der Waals surface area (Å²) >= 11 is 1.61. The molecule has 0 bridgehead atoms. The van der Waals surface area contributed by atoms with E-state index >= 15 is 0 Å². The summed E-state index contributed by atoms with van der Waals surface area (Å²) in [6, 6.07) is 15.4. The maximum Gasteiger partial charge on any atom is 0.233 e. The van der Waals surface area contributed by atoms with Gasteiger partial charge in [0.25, 0.3) is 0 Å². The summed E-state index contributed by atoms with van der Waals surface area (Å²) in [4.78, 5) is 13.0. The topological polar surface area (TPSA) is 73.3 Å². The SMILES string of the molecule is COc1ccc(CCC(=O)NCCOc2ccc(-c3cccs3)nn2)cc1. The maximum atomic E-state index is 11.9. The van der Waals surface area contributed by atoms with Crippen LogP contribution < -0.4 is 14.8 Å². The third kappa shape index (κ3) is 5.79. The smallest absolute Gasteiger partial charge is 0.233 e. The Balaban J connectivity index is 1.34. The highest BCUT2D eigenvalue weighted by Gasteiger charge is 2.04. The van der Waals surface area contributed by atoms with Crippen molar-refractivity contribution >= 4 is 17.2 Å². The normalized spacial score (nSPS) is 10.4. The Morgan fingerprint density at radius 3 is 2.63 bits per heavy atom. The van der Waals surface area contributed by atoms with Gasteiger partial charge in [0.15, 0.2) is 0 Å². The molecule has 0 aliphatic rings. The van der Waals surface area contributed by atoms with E-state index in [0.29, 0.717) is 31.9 Å². The summed E-state index contributed by atoms with van der Waals surface area (Å²) in [7, 11) is 1.63. The number of methoxy groups -OCH3 is 1. The first-order valence-corrected chi connectivity index (χ1v) is 9.52. The number of amides is 1. The third-order valence-corrected chi connectivity index (χ3v) is 4.78. The highest BCUT2D eigenvalue weighted by Crippen LogP contribution is 2.22. The van der Waals surface area contributed by atoms with Crippen molar-refractivity contribution in [3.8, 4) is 22.2 Å². The molecule has 0 saturated heterocycles. The third-order valence-electron chi connectivity index (χ3n) is 3.89. The van der Waals surface area contributed by atoms with Crippen LogP contribution >= 0.6 is 11.3 Å². The predicted molar refractivity (Wildman–Crippen MR) is 105 cm³/mol. The van der Waals surface area contributed by atoms with Gasteiger partial charge in [0.05, 0.1) is 18.5 Å². The van der Waals surface area contributed by atoms with Gasteiger partial charge in [-0.15, -0.1) is 21.5 Å². The Labute approximate surface area is 162 Å². The van der Waals surface area contributed by atoms with Gasteiger partial charge in [0.1, 0.15) is 18.1 Å². The molecule has 2 heterocycles. The lowest BCUT2D eigenvalue weighted by Crippen LogP contribution is -2.28. The second-order valence-corrected chi connectivity index (χ2v) is 6.73. The number of ether oxygens (including phenoxy) is 2. The molecular formula is C20H21N3O3S. The molecule has 0 atom stereocenters. The molecule has 0 unspecified atom stereocenters. The summed E-state index contributed by atoms with van der Waals surface area (Å²) in [6.07, 6.45) is 1.12. The number of thiophene rings is 1. The zero-order valence-electron chi connectivity index (χ0n) is 15.1. The number of hydrogen-bond acceptors (Lipinski definition) is 6. The molecular weight excluding hydrogens is 362 g/mol. The number of aryl methyl sites for hydroxylation is 1. The minimum absolute atomic E-state index is 0.00598. The molecule has 0 aliphatic carbocycles. The summed E-state index contributed by atoms with van der Waals surface area (Å²) in [5.74, 6) is 1.25. The van der Waals surface area contributed by atoms with Crippen LogP contribution in [0.15, 0.2) is 53.9 Å². The molecule has 140 valence electrons. The highest BCUT2D eigenvalue weighted by atomic mass is 32.1. The van der Waals surface area contributed by atoms with E-state index in [0.717, 1.165) is 21.9 Å². The number of nitrogens with zero attached hydrogens (tertiary/aromatic N) is 2. The van der Waals surface area contributed by atoms with Crippen molar-refractivity contribution in [3.63, 3.8) is 0 Å². The Kier molecular flexibility index (Phi) is 6.76. The van der Waals surface area contributed by atoms with E-state index in [9.17, 15) is 4.79 Å². The van der Waals surface area contributed by atoms with Gasteiger partial charge in [-0.05, 0) is 41.6 Å². The average molecular weight is 383 g/mol. The van der Waals surface area contributed by atoms with Crippen LogP contribution in [-0.2, 0) is 11.2 Å². The van der Waals surface area contributed by atoms with Crippen molar-refractivity contribution in [2.24, 2.45) is 0 Å². The van der Waals surface area contributed by atoms with Gasteiger partial charge in [-0.2, -0.15) is 0 Å². The molecule has 27 heavy (non-hydrogen) atoms. The largest absolute Gasteiger partial charge is 0.497 e. The van der Waals surface area contributed by atoms with Crippen molar-refractivity contribution in [2.75, 3.05) is 20.3 Å². The summed E-state index contributed by atoms with van der Waals surface area (Å²) < 4.78 is 10.6. The Morgan fingerprint density at radius 1 is 1.11 bits per heavy atom. The van der Waals surface area contributed by atoms with Gasteiger partial charge >= 0.3 is 0 Å². The second kappa shape index (κ2) is 9.68. The van der Waals surface area contributed by atoms with Gasteiger partial charge < -0.3 is 14.8 Å². The minimum atomic E-state index is -0.00598. The van der Waals surface area contributed by atoms with Gasteiger partial charge in [-0.3, -0.25) is 4.79 Å². The molecule has 1 aromatic carbocycles. The van der Waals surface area contributed by atoms with E-state index in [2.05, 4.69) is 15.5 Å². The molecule has 0 spiro atoms. The fraction of sp³-hybridized carbons (Fsp3) is 0.250. The molecule has 6 nitrogen and oxygen atoms in total. The highest BCUT2D eigenvalue weighted by molar-refractivity contribution is 7.13. The fourth-order valence-corrected chi connectivity index (χ4v) is 3.13. The number of nitrogens with one attached hydrogen (secondary N) is 1. The lowest BCUT2D eigenvalue weighted by molar-refractivity contribution is -0.121. The zero-order chi connectivity index (χ0) is 18.9. The van der Waals surface area contributed by atoms with Crippen LogP contribution in [0.3, 0.4) is 0 Å². The number of carbonyl (C=O) groups is 1. The Bertz CT molecular complexity index is 834. The van der Waals surface area contributed by atoms with Crippen LogP contribution in [0.4, 0.5) is 0 Å². The van der Waals surface area contributed by atoms with Crippen molar-refractivity contribution in [3.05, 3.63) is 59.5 Å². The monoisotopic (exact) mass is 383 g/mol. The summed E-state index contributed by atoms with van der Waals surface area (Å²) in [5.41, 5.74) is 1.92. The number of carbonyl (C=O) groups excluding carboxylic acids is 1. The second-order valence-electron chi connectivity index (χ2n) is 5.78. The fourth-order valence-electron chi connectivity index (χ4n) is 2.44. The van der Waals surface area contributed by atoms with E-state index in [1.807, 2.05) is 47.8 Å². The first-order valence-electron chi connectivity index (χ1n) is 8.64. The lowest BCUT2D eigenvalue weighted by atomic mass is 10.1. The molecule has 0 radical (unpaired) electrons. The Morgan fingerprint density at radius 2 is 1.96 bits per heavy atom. The van der Waals surface area contributed by atoms with Crippen LogP contribution in [0.1, 0.15) is 12.0 Å². The molecule has 3 rings (SSSR count). The maximum absolute atomic E-state index is 11.9. The zero-order valence-corrected chi connectivity index (χ0v) is 15.9. The van der Waals surface area contributed by atoms with Gasteiger partial charge in [-0.25, -0.2) is 0 Å². The number of aromatic nitrogens is 2. The Hall–Kier alpha value is -2.93. The van der Waals surface area contributed by atoms with Crippen LogP contribution in [0.5, 0.6) is 11.6 Å². The minimum Gasteiger partial charge on any atom is -0.497 e. The van der Waals surface area contributed by atoms with Crippen LogP contribution in [-0.4, -0.2) is 36.4 Å². The van der Waals surface area contributed by atoms with Crippen LogP contribution in [0.25, 0.3) is 10.6 Å². The van der Waals surface area contributed by atoms with Crippen LogP contribution in [0, 0.1) is 0 Å².